The molecule has 2 aromatic carbocycles. The highest BCUT2D eigenvalue weighted by Crippen LogP contribution is 2.29. The molecule has 0 saturated heterocycles. The Balaban J connectivity index is 1.45. The molecule has 2 aromatic heterocycles. The fourth-order valence-electron chi connectivity index (χ4n) is 2.66. The van der Waals surface area contributed by atoms with Gasteiger partial charge in [0, 0.05) is 11.3 Å². The summed E-state index contributed by atoms with van der Waals surface area (Å²) in [6.45, 7) is 3.67. The first-order chi connectivity index (χ1) is 13.5. The van der Waals surface area contributed by atoms with Crippen LogP contribution in [-0.2, 0) is 4.79 Å². The summed E-state index contributed by atoms with van der Waals surface area (Å²) >= 11 is 7.49. The molecule has 0 spiro atoms. The van der Waals surface area contributed by atoms with Gasteiger partial charge in [-0.15, -0.1) is 10.2 Å². The minimum absolute atomic E-state index is 0.124. The largest absolute Gasteiger partial charge is 0.482 e. The Morgan fingerprint density at radius 1 is 1.21 bits per heavy atom. The molecule has 0 aliphatic rings. The first-order valence-electron chi connectivity index (χ1n) is 8.48. The van der Waals surface area contributed by atoms with Gasteiger partial charge >= 0.3 is 0 Å². The van der Waals surface area contributed by atoms with Gasteiger partial charge in [-0.3, -0.25) is 4.79 Å². The van der Waals surface area contributed by atoms with Crippen LogP contribution in [0.2, 0.25) is 5.02 Å². The number of nitrogens with one attached hydrogen (secondary N) is 1. The normalized spacial score (nSPS) is 11.0. The summed E-state index contributed by atoms with van der Waals surface area (Å²) in [6.07, 6.45) is 0. The minimum atomic E-state index is -0.259. The fraction of sp³-hybridized carbons (Fsp3) is 0.158. The summed E-state index contributed by atoms with van der Waals surface area (Å²) in [5, 5.41) is 16.8. The molecule has 1 amide bonds. The number of rotatable bonds is 5. The van der Waals surface area contributed by atoms with E-state index >= 15 is 0 Å². The number of carbonyl (C=O) groups excluding carboxylic acids is 1. The quantitative estimate of drug-likeness (QED) is 0.531. The van der Waals surface area contributed by atoms with Crippen molar-refractivity contribution in [2.75, 3.05) is 11.9 Å². The lowest BCUT2D eigenvalue weighted by Gasteiger charge is -2.11. The summed E-state index contributed by atoms with van der Waals surface area (Å²) in [5.41, 5.74) is 2.60. The molecular formula is C19H16ClN5O2S. The lowest BCUT2D eigenvalue weighted by molar-refractivity contribution is -0.118. The van der Waals surface area contributed by atoms with Gasteiger partial charge < -0.3 is 10.1 Å². The number of aromatic nitrogens is 4. The van der Waals surface area contributed by atoms with Crippen molar-refractivity contribution in [3.8, 4) is 16.3 Å². The van der Waals surface area contributed by atoms with Gasteiger partial charge in [0.2, 0.25) is 4.96 Å². The van der Waals surface area contributed by atoms with Crippen LogP contribution in [0.4, 0.5) is 5.69 Å². The van der Waals surface area contributed by atoms with E-state index in [1.54, 1.807) is 28.8 Å². The molecule has 4 aromatic rings. The lowest BCUT2D eigenvalue weighted by atomic mass is 10.1. The molecule has 0 bridgehead atoms. The molecule has 2 heterocycles. The molecule has 0 fully saturated rings. The van der Waals surface area contributed by atoms with E-state index in [1.165, 1.54) is 11.3 Å². The number of para-hydroxylation sites is 1. The predicted molar refractivity (Wildman–Crippen MR) is 109 cm³/mol. The molecule has 0 atom stereocenters. The highest BCUT2D eigenvalue weighted by atomic mass is 35.5. The van der Waals surface area contributed by atoms with Gasteiger partial charge in [0.1, 0.15) is 10.8 Å². The van der Waals surface area contributed by atoms with E-state index in [1.807, 2.05) is 32.0 Å². The average Bonchev–Trinajstić information content (AvgIpc) is 3.25. The molecule has 7 nitrogen and oxygen atoms in total. The number of hydrogen-bond donors (Lipinski definition) is 1. The van der Waals surface area contributed by atoms with Crippen LogP contribution in [0.1, 0.15) is 11.4 Å². The molecule has 4 rings (SSSR count). The molecule has 0 aliphatic carbocycles. The number of amides is 1. The Labute approximate surface area is 169 Å². The second kappa shape index (κ2) is 7.57. The van der Waals surface area contributed by atoms with E-state index in [9.17, 15) is 4.79 Å². The highest BCUT2D eigenvalue weighted by Gasteiger charge is 2.13. The van der Waals surface area contributed by atoms with Crippen LogP contribution in [-0.4, -0.2) is 32.3 Å². The van der Waals surface area contributed by atoms with Crippen LogP contribution in [0.25, 0.3) is 15.5 Å². The predicted octanol–water partition coefficient (Wildman–Crippen LogP) is 4.14. The zero-order valence-electron chi connectivity index (χ0n) is 15.1. The number of anilines is 1. The van der Waals surface area contributed by atoms with E-state index in [-0.39, 0.29) is 12.5 Å². The molecule has 1 N–H and O–H groups in total. The van der Waals surface area contributed by atoms with Crippen molar-refractivity contribution >= 4 is 39.5 Å². The van der Waals surface area contributed by atoms with E-state index < -0.39 is 0 Å². The van der Waals surface area contributed by atoms with E-state index in [2.05, 4.69) is 20.6 Å². The summed E-state index contributed by atoms with van der Waals surface area (Å²) in [5.74, 6) is 0.965. The fourth-order valence-corrected chi connectivity index (χ4v) is 3.73. The van der Waals surface area contributed by atoms with E-state index in [0.29, 0.717) is 10.8 Å². The third kappa shape index (κ3) is 3.69. The maximum atomic E-state index is 12.2. The van der Waals surface area contributed by atoms with E-state index in [0.717, 1.165) is 32.6 Å². The topological polar surface area (TPSA) is 81.4 Å². The number of carbonyl (C=O) groups is 1. The Kier molecular flexibility index (Phi) is 4.97. The maximum Gasteiger partial charge on any atom is 0.262 e. The zero-order valence-corrected chi connectivity index (χ0v) is 16.7. The van der Waals surface area contributed by atoms with Crippen LogP contribution in [0.3, 0.4) is 0 Å². The standard InChI is InChI=1S/C19H16ClN5O2S/c1-11-9-13(18-24-25-12(2)22-23-19(25)28-18)7-8-15(11)21-17(26)10-27-16-6-4-3-5-14(16)20/h3-9H,10H2,1-2H3,(H,21,26). The molecule has 0 radical (unpaired) electrons. The smallest absolute Gasteiger partial charge is 0.262 e. The summed E-state index contributed by atoms with van der Waals surface area (Å²) in [4.78, 5) is 13.0. The van der Waals surface area contributed by atoms with Crippen LogP contribution in [0, 0.1) is 13.8 Å². The average molecular weight is 414 g/mol. The van der Waals surface area contributed by atoms with Gasteiger partial charge in [-0.2, -0.15) is 9.61 Å². The lowest BCUT2D eigenvalue weighted by Crippen LogP contribution is -2.20. The van der Waals surface area contributed by atoms with Crippen molar-refractivity contribution in [3.05, 3.63) is 58.9 Å². The van der Waals surface area contributed by atoms with Gasteiger partial charge in [0.25, 0.3) is 5.91 Å². The molecule has 28 heavy (non-hydrogen) atoms. The first-order valence-corrected chi connectivity index (χ1v) is 9.68. The van der Waals surface area contributed by atoms with Gasteiger partial charge in [-0.05, 0) is 49.7 Å². The number of halogens is 1. The van der Waals surface area contributed by atoms with Crippen LogP contribution in [0.15, 0.2) is 42.5 Å². The van der Waals surface area contributed by atoms with Gasteiger partial charge in [0.05, 0.1) is 5.02 Å². The number of ether oxygens (including phenoxy) is 1. The molecule has 0 saturated carbocycles. The van der Waals surface area contributed by atoms with Crippen LogP contribution >= 0.6 is 22.9 Å². The zero-order chi connectivity index (χ0) is 19.7. The second-order valence-corrected chi connectivity index (χ2v) is 7.51. The molecular weight excluding hydrogens is 398 g/mol. The Morgan fingerprint density at radius 3 is 2.79 bits per heavy atom. The third-order valence-corrected chi connectivity index (χ3v) is 5.35. The van der Waals surface area contributed by atoms with Crippen molar-refractivity contribution in [3.63, 3.8) is 0 Å². The van der Waals surface area contributed by atoms with Crippen molar-refractivity contribution in [2.24, 2.45) is 0 Å². The number of benzene rings is 2. The Morgan fingerprint density at radius 2 is 2.04 bits per heavy atom. The Hall–Kier alpha value is -2.97. The van der Waals surface area contributed by atoms with Crippen molar-refractivity contribution < 1.29 is 9.53 Å². The summed E-state index contributed by atoms with van der Waals surface area (Å²) in [7, 11) is 0. The van der Waals surface area contributed by atoms with Crippen molar-refractivity contribution in [1.82, 2.24) is 19.8 Å². The number of hydrogen-bond acceptors (Lipinski definition) is 6. The van der Waals surface area contributed by atoms with Crippen LogP contribution < -0.4 is 10.1 Å². The minimum Gasteiger partial charge on any atom is -0.482 e. The second-order valence-electron chi connectivity index (χ2n) is 6.15. The molecule has 142 valence electrons. The van der Waals surface area contributed by atoms with Gasteiger partial charge in [-0.1, -0.05) is 35.1 Å². The molecule has 0 unspecified atom stereocenters. The van der Waals surface area contributed by atoms with E-state index in [4.69, 9.17) is 16.3 Å². The summed E-state index contributed by atoms with van der Waals surface area (Å²) in [6, 6.07) is 12.8. The number of aryl methyl sites for hydroxylation is 2. The van der Waals surface area contributed by atoms with Gasteiger partial charge in [-0.25, -0.2) is 0 Å². The SMILES string of the molecule is Cc1cc(-c2nn3c(C)nnc3s2)ccc1NC(=O)COc1ccccc1Cl. The summed E-state index contributed by atoms with van der Waals surface area (Å²) < 4.78 is 7.19. The van der Waals surface area contributed by atoms with Crippen molar-refractivity contribution in [1.29, 1.82) is 0 Å². The monoisotopic (exact) mass is 413 g/mol. The highest BCUT2D eigenvalue weighted by molar-refractivity contribution is 7.19. The van der Waals surface area contributed by atoms with Crippen LogP contribution in [0.5, 0.6) is 5.75 Å². The number of fused-ring (bicyclic) bond motifs is 1. The Bertz CT molecular complexity index is 1170. The molecule has 9 heteroatoms. The molecule has 0 aliphatic heterocycles. The van der Waals surface area contributed by atoms with Crippen molar-refractivity contribution in [2.45, 2.75) is 13.8 Å². The van der Waals surface area contributed by atoms with Gasteiger partial charge in [0.15, 0.2) is 12.4 Å². The first kappa shape index (κ1) is 18.4. The number of nitrogens with zero attached hydrogens (tertiary/aromatic N) is 4. The third-order valence-electron chi connectivity index (χ3n) is 4.09. The maximum absolute atomic E-state index is 12.2.